The van der Waals surface area contributed by atoms with Gasteiger partial charge in [0.1, 0.15) is 0 Å². The van der Waals surface area contributed by atoms with Gasteiger partial charge in [-0.1, -0.05) is 5.16 Å². The fraction of sp³-hybridized carbons (Fsp3) is 0.375. The normalized spacial score (nSPS) is 13.3. The number of nitrogens with one attached hydrogen (secondary N) is 2. The standard InChI is InChI=1S/C16H17N5O5/c1-9-8-11(4-5-12(9)21(24)25)14(22)17-6-7-18-15(23)16-19-13(20-26-16)10-2-3-10/h4-5,8,10H,2-3,6-7H2,1H3,(H,17,22)(H,18,23). The van der Waals surface area contributed by atoms with Crippen molar-refractivity contribution in [3.8, 4) is 0 Å². The monoisotopic (exact) mass is 359 g/mol. The van der Waals surface area contributed by atoms with Gasteiger partial charge in [0, 0.05) is 36.2 Å². The molecular weight excluding hydrogens is 342 g/mol. The SMILES string of the molecule is Cc1cc(C(=O)NCCNC(=O)c2nc(C3CC3)no2)ccc1[N+](=O)[O-]. The Labute approximate surface area is 148 Å². The molecule has 0 spiro atoms. The van der Waals surface area contributed by atoms with Crippen LogP contribution in [0.15, 0.2) is 22.7 Å². The van der Waals surface area contributed by atoms with Crippen LogP contribution in [0.3, 0.4) is 0 Å². The fourth-order valence-electron chi connectivity index (χ4n) is 2.37. The number of benzene rings is 1. The summed E-state index contributed by atoms with van der Waals surface area (Å²) in [6, 6.07) is 4.12. The maximum Gasteiger partial charge on any atom is 0.315 e. The average Bonchev–Trinajstić information content (AvgIpc) is 3.34. The van der Waals surface area contributed by atoms with Crippen LogP contribution in [0.2, 0.25) is 0 Å². The van der Waals surface area contributed by atoms with E-state index in [1.165, 1.54) is 18.2 Å². The highest BCUT2D eigenvalue weighted by Crippen LogP contribution is 2.38. The first-order valence-electron chi connectivity index (χ1n) is 8.10. The Morgan fingerprint density at radius 3 is 2.58 bits per heavy atom. The summed E-state index contributed by atoms with van der Waals surface area (Å²) in [4.78, 5) is 38.2. The molecule has 1 fully saturated rings. The zero-order valence-corrected chi connectivity index (χ0v) is 14.0. The van der Waals surface area contributed by atoms with Gasteiger partial charge in [0.15, 0.2) is 5.82 Å². The van der Waals surface area contributed by atoms with Crippen LogP contribution in [-0.4, -0.2) is 40.0 Å². The fourth-order valence-corrected chi connectivity index (χ4v) is 2.37. The van der Waals surface area contributed by atoms with E-state index in [1.807, 2.05) is 0 Å². The summed E-state index contributed by atoms with van der Waals surface area (Å²) in [6.07, 6.45) is 2.02. The van der Waals surface area contributed by atoms with Crippen LogP contribution in [0, 0.1) is 17.0 Å². The molecule has 1 aromatic carbocycles. The lowest BCUT2D eigenvalue weighted by atomic mass is 10.1. The summed E-state index contributed by atoms with van der Waals surface area (Å²) in [7, 11) is 0. The third-order valence-corrected chi connectivity index (χ3v) is 3.93. The number of nitrogens with zero attached hydrogens (tertiary/aromatic N) is 3. The number of hydrogen-bond acceptors (Lipinski definition) is 7. The van der Waals surface area contributed by atoms with Gasteiger partial charge in [-0.05, 0) is 31.9 Å². The second-order valence-electron chi connectivity index (χ2n) is 6.00. The molecule has 2 aromatic rings. The van der Waals surface area contributed by atoms with Crippen molar-refractivity contribution in [1.29, 1.82) is 0 Å². The molecule has 136 valence electrons. The van der Waals surface area contributed by atoms with Crippen molar-refractivity contribution in [3.05, 3.63) is 51.2 Å². The minimum absolute atomic E-state index is 0.0427. The second-order valence-corrected chi connectivity index (χ2v) is 6.00. The molecule has 1 aliphatic rings. The van der Waals surface area contributed by atoms with Gasteiger partial charge in [-0.25, -0.2) is 0 Å². The molecule has 1 aliphatic carbocycles. The number of rotatable bonds is 7. The number of carbonyl (C=O) groups is 2. The molecule has 0 saturated heterocycles. The molecule has 0 atom stereocenters. The smallest absolute Gasteiger partial charge is 0.315 e. The van der Waals surface area contributed by atoms with Crippen LogP contribution < -0.4 is 10.6 Å². The number of hydrogen-bond donors (Lipinski definition) is 2. The van der Waals surface area contributed by atoms with Gasteiger partial charge in [-0.2, -0.15) is 4.98 Å². The van der Waals surface area contributed by atoms with Crippen molar-refractivity contribution < 1.29 is 19.0 Å². The molecular formula is C16H17N5O5. The summed E-state index contributed by atoms with van der Waals surface area (Å²) < 4.78 is 4.90. The van der Waals surface area contributed by atoms with E-state index in [0.717, 1.165) is 12.8 Å². The molecule has 10 heteroatoms. The van der Waals surface area contributed by atoms with Gasteiger partial charge in [0.2, 0.25) is 0 Å². The zero-order chi connectivity index (χ0) is 18.7. The van der Waals surface area contributed by atoms with E-state index in [1.54, 1.807) is 6.92 Å². The Kier molecular flexibility index (Phi) is 4.92. The lowest BCUT2D eigenvalue weighted by molar-refractivity contribution is -0.385. The van der Waals surface area contributed by atoms with Gasteiger partial charge in [-0.3, -0.25) is 19.7 Å². The number of carbonyl (C=O) groups excluding carboxylic acids is 2. The Morgan fingerprint density at radius 2 is 1.96 bits per heavy atom. The van der Waals surface area contributed by atoms with Crippen LogP contribution in [-0.2, 0) is 0 Å². The molecule has 3 rings (SSSR count). The van der Waals surface area contributed by atoms with Crippen molar-refractivity contribution in [2.45, 2.75) is 25.7 Å². The van der Waals surface area contributed by atoms with Crippen molar-refractivity contribution in [2.75, 3.05) is 13.1 Å². The second kappa shape index (κ2) is 7.30. The van der Waals surface area contributed by atoms with Gasteiger partial charge in [0.05, 0.1) is 4.92 Å². The highest BCUT2D eigenvalue weighted by Gasteiger charge is 2.29. The molecule has 0 unspecified atom stereocenters. The predicted molar refractivity (Wildman–Crippen MR) is 88.8 cm³/mol. The first kappa shape index (κ1) is 17.5. The first-order chi connectivity index (χ1) is 12.5. The average molecular weight is 359 g/mol. The van der Waals surface area contributed by atoms with E-state index in [0.29, 0.717) is 22.9 Å². The number of nitro groups is 1. The third kappa shape index (κ3) is 4.02. The molecule has 26 heavy (non-hydrogen) atoms. The van der Waals surface area contributed by atoms with Gasteiger partial charge in [0.25, 0.3) is 11.6 Å². The van der Waals surface area contributed by atoms with E-state index in [-0.39, 0.29) is 30.6 Å². The minimum atomic E-state index is -0.501. The Bertz CT molecular complexity index is 858. The molecule has 1 heterocycles. The molecule has 2 amide bonds. The largest absolute Gasteiger partial charge is 0.350 e. The third-order valence-electron chi connectivity index (χ3n) is 3.93. The molecule has 2 N–H and O–H groups in total. The highest BCUT2D eigenvalue weighted by atomic mass is 16.6. The molecule has 0 radical (unpaired) electrons. The zero-order valence-electron chi connectivity index (χ0n) is 14.0. The summed E-state index contributed by atoms with van der Waals surface area (Å²) in [6.45, 7) is 1.93. The maximum absolute atomic E-state index is 12.0. The predicted octanol–water partition coefficient (Wildman–Crippen LogP) is 1.32. The van der Waals surface area contributed by atoms with Gasteiger partial charge >= 0.3 is 11.8 Å². The first-order valence-corrected chi connectivity index (χ1v) is 8.10. The van der Waals surface area contributed by atoms with E-state index >= 15 is 0 Å². The van der Waals surface area contributed by atoms with E-state index in [2.05, 4.69) is 20.8 Å². The van der Waals surface area contributed by atoms with E-state index in [9.17, 15) is 19.7 Å². The summed E-state index contributed by atoms with van der Waals surface area (Å²) >= 11 is 0. The molecule has 1 saturated carbocycles. The number of nitro benzene ring substituents is 1. The lowest BCUT2D eigenvalue weighted by Crippen LogP contribution is -2.34. The Balaban J connectivity index is 1.45. The Hall–Kier alpha value is -3.30. The summed E-state index contributed by atoms with van der Waals surface area (Å²) in [5, 5.41) is 19.7. The van der Waals surface area contributed by atoms with Crippen LogP contribution in [0.5, 0.6) is 0 Å². The minimum Gasteiger partial charge on any atom is -0.350 e. The van der Waals surface area contributed by atoms with Crippen LogP contribution in [0.1, 0.15) is 51.2 Å². The lowest BCUT2D eigenvalue weighted by Gasteiger charge is -2.06. The summed E-state index contributed by atoms with van der Waals surface area (Å²) in [5.41, 5.74) is 0.670. The van der Waals surface area contributed by atoms with E-state index in [4.69, 9.17) is 4.52 Å². The Morgan fingerprint density at radius 1 is 1.27 bits per heavy atom. The molecule has 10 nitrogen and oxygen atoms in total. The van der Waals surface area contributed by atoms with Crippen molar-refractivity contribution >= 4 is 17.5 Å². The van der Waals surface area contributed by atoms with Gasteiger partial charge < -0.3 is 15.2 Å². The molecule has 0 aliphatic heterocycles. The van der Waals surface area contributed by atoms with Crippen molar-refractivity contribution in [3.63, 3.8) is 0 Å². The molecule has 1 aromatic heterocycles. The molecule has 0 bridgehead atoms. The van der Waals surface area contributed by atoms with Crippen molar-refractivity contribution in [2.24, 2.45) is 0 Å². The number of amides is 2. The van der Waals surface area contributed by atoms with Crippen molar-refractivity contribution in [1.82, 2.24) is 20.8 Å². The number of aromatic nitrogens is 2. The van der Waals surface area contributed by atoms with E-state index < -0.39 is 10.8 Å². The van der Waals surface area contributed by atoms with Crippen LogP contribution >= 0.6 is 0 Å². The quantitative estimate of drug-likeness (QED) is 0.431. The highest BCUT2D eigenvalue weighted by molar-refractivity contribution is 5.94. The summed E-state index contributed by atoms with van der Waals surface area (Å²) in [5.74, 6) is -0.123. The maximum atomic E-state index is 12.0. The van der Waals surface area contributed by atoms with Gasteiger partial charge in [-0.15, -0.1) is 0 Å². The van der Waals surface area contributed by atoms with Crippen LogP contribution in [0.25, 0.3) is 0 Å². The van der Waals surface area contributed by atoms with Crippen LogP contribution in [0.4, 0.5) is 5.69 Å². The topological polar surface area (TPSA) is 140 Å². The number of aryl methyl sites for hydroxylation is 1.